The summed E-state index contributed by atoms with van der Waals surface area (Å²) in [6.45, 7) is 7.28. The van der Waals surface area contributed by atoms with Crippen molar-refractivity contribution in [2.45, 2.75) is 52.0 Å². The molecule has 2 aliphatic rings. The molecule has 0 aliphatic carbocycles. The Morgan fingerprint density at radius 1 is 1.14 bits per heavy atom. The molecule has 1 aromatic carbocycles. The van der Waals surface area contributed by atoms with E-state index in [1.54, 1.807) is 4.90 Å². The van der Waals surface area contributed by atoms with Gasteiger partial charge >= 0.3 is 6.03 Å². The lowest BCUT2D eigenvalue weighted by Crippen LogP contribution is -2.46. The molecule has 0 radical (unpaired) electrons. The number of unbranched alkanes of at least 4 members (excludes halogenated alkanes) is 2. The minimum atomic E-state index is -0.182. The van der Waals surface area contributed by atoms with Crippen molar-refractivity contribution in [2.24, 2.45) is 0 Å². The summed E-state index contributed by atoms with van der Waals surface area (Å²) in [4.78, 5) is 28.8. The molecule has 3 amide bonds. The van der Waals surface area contributed by atoms with Crippen molar-refractivity contribution in [1.82, 2.24) is 10.2 Å². The van der Waals surface area contributed by atoms with Crippen LogP contribution in [0.5, 0.6) is 11.5 Å². The van der Waals surface area contributed by atoms with Gasteiger partial charge in [-0.15, -0.1) is 0 Å². The Kier molecular flexibility index (Phi) is 7.01. The van der Waals surface area contributed by atoms with Crippen molar-refractivity contribution in [3.05, 3.63) is 18.2 Å². The fraction of sp³-hybridized carbons (Fsp3) is 0.619. The van der Waals surface area contributed by atoms with Crippen LogP contribution >= 0.6 is 0 Å². The molecule has 28 heavy (non-hydrogen) atoms. The summed E-state index contributed by atoms with van der Waals surface area (Å²) in [5, 5.41) is 3.06. The summed E-state index contributed by atoms with van der Waals surface area (Å²) in [5.74, 6) is 1.37. The topological polar surface area (TPSA) is 71.1 Å². The zero-order chi connectivity index (χ0) is 19.9. The molecular weight excluding hydrogens is 358 g/mol. The summed E-state index contributed by atoms with van der Waals surface area (Å²) in [6, 6.07) is 5.29. The molecule has 3 rings (SSSR count). The molecule has 1 aromatic rings. The van der Waals surface area contributed by atoms with Crippen LogP contribution in [-0.4, -0.2) is 55.7 Å². The molecule has 0 bridgehead atoms. The quantitative estimate of drug-likeness (QED) is 0.741. The van der Waals surface area contributed by atoms with Gasteiger partial charge in [-0.3, -0.25) is 4.79 Å². The molecule has 1 atom stereocenters. The Morgan fingerprint density at radius 3 is 2.50 bits per heavy atom. The molecule has 1 N–H and O–H groups in total. The maximum Gasteiger partial charge on any atom is 0.317 e. The Labute approximate surface area is 167 Å². The predicted molar refractivity (Wildman–Crippen MR) is 108 cm³/mol. The van der Waals surface area contributed by atoms with E-state index in [4.69, 9.17) is 9.47 Å². The highest BCUT2D eigenvalue weighted by Crippen LogP contribution is 2.35. The average molecular weight is 389 g/mol. The number of ether oxygens (including phenoxy) is 2. The van der Waals surface area contributed by atoms with E-state index in [1.807, 2.05) is 23.1 Å². The van der Waals surface area contributed by atoms with E-state index in [0.29, 0.717) is 37.7 Å². The number of nitrogens with zero attached hydrogens (tertiary/aromatic N) is 2. The monoisotopic (exact) mass is 389 g/mol. The van der Waals surface area contributed by atoms with Gasteiger partial charge in [0.2, 0.25) is 5.91 Å². The first-order valence-corrected chi connectivity index (χ1v) is 10.4. The molecule has 7 nitrogen and oxygen atoms in total. The number of amides is 3. The van der Waals surface area contributed by atoms with Crippen LogP contribution in [0.4, 0.5) is 10.5 Å². The van der Waals surface area contributed by atoms with Crippen LogP contribution in [0.1, 0.15) is 46.0 Å². The Hall–Kier alpha value is -2.44. The largest absolute Gasteiger partial charge is 0.486 e. The van der Waals surface area contributed by atoms with Crippen molar-refractivity contribution < 1.29 is 19.1 Å². The maximum absolute atomic E-state index is 12.7. The van der Waals surface area contributed by atoms with E-state index in [1.165, 1.54) is 0 Å². The third kappa shape index (κ3) is 4.88. The third-order valence-corrected chi connectivity index (χ3v) is 5.14. The highest BCUT2D eigenvalue weighted by molar-refractivity contribution is 5.97. The summed E-state index contributed by atoms with van der Waals surface area (Å²) in [7, 11) is 0. The summed E-state index contributed by atoms with van der Waals surface area (Å²) < 4.78 is 11.2. The second kappa shape index (κ2) is 9.66. The standard InChI is InChI=1S/C21H31N3O4/c1-3-5-9-23(10-6-4-2)21(26)22-16-13-20(25)24(15-16)17-7-8-18-19(14-17)28-12-11-27-18/h7-8,14,16H,3-6,9-13,15H2,1-2H3,(H,22,26)/t16-/m1/s1. The number of carbonyl (C=O) groups is 2. The van der Waals surface area contributed by atoms with Crippen molar-refractivity contribution in [3.63, 3.8) is 0 Å². The number of anilines is 1. The van der Waals surface area contributed by atoms with Crippen LogP contribution in [0.2, 0.25) is 0 Å². The first kappa shape index (κ1) is 20.3. The van der Waals surface area contributed by atoms with Crippen LogP contribution in [-0.2, 0) is 4.79 Å². The van der Waals surface area contributed by atoms with Gasteiger partial charge < -0.3 is 24.6 Å². The van der Waals surface area contributed by atoms with Crippen molar-refractivity contribution in [1.29, 1.82) is 0 Å². The summed E-state index contributed by atoms with van der Waals surface area (Å²) in [5.41, 5.74) is 0.778. The number of hydrogen-bond acceptors (Lipinski definition) is 4. The molecule has 2 heterocycles. The van der Waals surface area contributed by atoms with Gasteiger partial charge in [0.25, 0.3) is 0 Å². The lowest BCUT2D eigenvalue weighted by atomic mass is 10.2. The van der Waals surface area contributed by atoms with Crippen molar-refractivity contribution in [2.75, 3.05) is 37.7 Å². The molecule has 0 aromatic heterocycles. The fourth-order valence-electron chi connectivity index (χ4n) is 3.53. The molecule has 154 valence electrons. The molecule has 0 spiro atoms. The van der Waals surface area contributed by atoms with Crippen molar-refractivity contribution in [3.8, 4) is 11.5 Å². The second-order valence-corrected chi connectivity index (χ2v) is 7.38. The van der Waals surface area contributed by atoms with Gasteiger partial charge in [-0.25, -0.2) is 4.79 Å². The van der Waals surface area contributed by atoms with E-state index in [9.17, 15) is 9.59 Å². The molecule has 0 saturated carbocycles. The number of nitrogens with one attached hydrogen (secondary N) is 1. The summed E-state index contributed by atoms with van der Waals surface area (Å²) >= 11 is 0. The maximum atomic E-state index is 12.7. The Balaban J connectivity index is 1.61. The van der Waals surface area contributed by atoms with Crippen molar-refractivity contribution >= 4 is 17.6 Å². The number of urea groups is 1. The Bertz CT molecular complexity index is 686. The molecule has 1 fully saturated rings. The third-order valence-electron chi connectivity index (χ3n) is 5.14. The fourth-order valence-corrected chi connectivity index (χ4v) is 3.53. The van der Waals surface area contributed by atoms with Gasteiger partial charge in [0.15, 0.2) is 11.5 Å². The lowest BCUT2D eigenvalue weighted by molar-refractivity contribution is -0.117. The van der Waals surface area contributed by atoms with Gasteiger partial charge in [0, 0.05) is 37.8 Å². The molecule has 7 heteroatoms. The molecular formula is C21H31N3O4. The molecule has 0 unspecified atom stereocenters. The zero-order valence-corrected chi connectivity index (χ0v) is 16.9. The van der Waals surface area contributed by atoms with E-state index in [0.717, 1.165) is 44.5 Å². The predicted octanol–water partition coefficient (Wildman–Crippen LogP) is 3.17. The molecule has 1 saturated heterocycles. The van der Waals surface area contributed by atoms with E-state index in [-0.39, 0.29) is 18.0 Å². The minimum Gasteiger partial charge on any atom is -0.486 e. The van der Waals surface area contributed by atoms with Crippen LogP contribution in [0.25, 0.3) is 0 Å². The smallest absolute Gasteiger partial charge is 0.317 e. The van der Waals surface area contributed by atoms with Gasteiger partial charge in [-0.2, -0.15) is 0 Å². The van der Waals surface area contributed by atoms with Gasteiger partial charge in [0.1, 0.15) is 13.2 Å². The lowest BCUT2D eigenvalue weighted by Gasteiger charge is -2.25. The van der Waals surface area contributed by atoms with E-state index in [2.05, 4.69) is 19.2 Å². The second-order valence-electron chi connectivity index (χ2n) is 7.38. The van der Waals surface area contributed by atoms with Gasteiger partial charge in [0.05, 0.1) is 6.04 Å². The van der Waals surface area contributed by atoms with Crippen LogP contribution < -0.4 is 19.7 Å². The van der Waals surface area contributed by atoms with E-state index >= 15 is 0 Å². The van der Waals surface area contributed by atoms with E-state index < -0.39 is 0 Å². The number of benzene rings is 1. The van der Waals surface area contributed by atoms with Gasteiger partial charge in [-0.1, -0.05) is 26.7 Å². The highest BCUT2D eigenvalue weighted by atomic mass is 16.6. The normalized spacial score (nSPS) is 18.3. The summed E-state index contributed by atoms with van der Waals surface area (Å²) in [6.07, 6.45) is 4.40. The minimum absolute atomic E-state index is 0.00986. The molecule has 2 aliphatic heterocycles. The number of hydrogen-bond donors (Lipinski definition) is 1. The zero-order valence-electron chi connectivity index (χ0n) is 16.9. The SMILES string of the molecule is CCCCN(CCCC)C(=O)N[C@@H]1CC(=O)N(c2ccc3c(c2)OCCO3)C1. The van der Waals surface area contributed by atoms with Gasteiger partial charge in [-0.05, 0) is 25.0 Å². The number of rotatable bonds is 8. The number of carbonyl (C=O) groups excluding carboxylic acids is 2. The first-order valence-electron chi connectivity index (χ1n) is 10.4. The highest BCUT2D eigenvalue weighted by Gasteiger charge is 2.33. The Morgan fingerprint density at radius 2 is 1.82 bits per heavy atom. The van der Waals surface area contributed by atoms with Crippen LogP contribution in [0.3, 0.4) is 0 Å². The first-order chi connectivity index (χ1) is 13.6. The average Bonchev–Trinajstić information content (AvgIpc) is 3.07. The van der Waals surface area contributed by atoms with Crippen LogP contribution in [0, 0.1) is 0 Å². The van der Waals surface area contributed by atoms with Crippen LogP contribution in [0.15, 0.2) is 18.2 Å². The number of fused-ring (bicyclic) bond motifs is 1.